The molecule has 3 amide bonds. The largest absolute Gasteiger partial charge is 0.444 e. The van der Waals surface area contributed by atoms with Crippen LogP contribution in [0.2, 0.25) is 5.04 Å². The van der Waals surface area contributed by atoms with E-state index in [0.29, 0.717) is 25.9 Å². The topological polar surface area (TPSA) is 100 Å². The number of amides is 3. The summed E-state index contributed by atoms with van der Waals surface area (Å²) in [5.74, 6) is 0. The van der Waals surface area contributed by atoms with Gasteiger partial charge in [0.15, 0.2) is 0 Å². The third-order valence-electron chi connectivity index (χ3n) is 6.96. The van der Waals surface area contributed by atoms with Crippen LogP contribution in [0.4, 0.5) is 9.59 Å². The molecule has 1 heterocycles. The molecule has 214 valence electrons. The molecule has 3 rings (SSSR count). The molecule has 3 N–H and O–H groups in total. The van der Waals surface area contributed by atoms with Gasteiger partial charge in [-0.3, -0.25) is 0 Å². The molecule has 0 bridgehead atoms. The molecule has 1 atom stereocenters. The van der Waals surface area contributed by atoms with Crippen LogP contribution < -0.4 is 21.0 Å². The van der Waals surface area contributed by atoms with Gasteiger partial charge in [-0.25, -0.2) is 9.59 Å². The van der Waals surface area contributed by atoms with Crippen molar-refractivity contribution in [3.05, 3.63) is 60.7 Å². The quantitative estimate of drug-likeness (QED) is 0.432. The number of nitrogens with zero attached hydrogens (tertiary/aromatic N) is 1. The number of benzene rings is 2. The first-order valence-corrected chi connectivity index (χ1v) is 15.7. The molecule has 2 aromatic carbocycles. The molecule has 1 aliphatic rings. The molecular formula is C30H45N3O5Si. The smallest absolute Gasteiger partial charge is 0.410 e. The lowest BCUT2D eigenvalue weighted by Gasteiger charge is -2.43. The number of rotatable bonds is 8. The molecule has 9 heteroatoms. The lowest BCUT2D eigenvalue weighted by Crippen LogP contribution is -2.67. The van der Waals surface area contributed by atoms with Gasteiger partial charge in [0, 0.05) is 19.1 Å². The summed E-state index contributed by atoms with van der Waals surface area (Å²) in [7, 11) is -2.79. The van der Waals surface area contributed by atoms with Gasteiger partial charge in [0.25, 0.3) is 8.32 Å². The lowest BCUT2D eigenvalue weighted by molar-refractivity contribution is 0.0201. The lowest BCUT2D eigenvalue weighted by atomic mass is 10.1. The van der Waals surface area contributed by atoms with Crippen LogP contribution in [0.3, 0.4) is 0 Å². The van der Waals surface area contributed by atoms with E-state index in [0.717, 1.165) is 10.4 Å². The number of hydrogen-bond donors (Lipinski definition) is 3. The number of carbonyl (C=O) groups excluding carboxylic acids is 2. The second-order valence-corrected chi connectivity index (χ2v) is 16.5. The average molecular weight is 556 g/mol. The van der Waals surface area contributed by atoms with E-state index < -0.39 is 20.0 Å². The van der Waals surface area contributed by atoms with Crippen LogP contribution in [0.5, 0.6) is 0 Å². The van der Waals surface area contributed by atoms with E-state index in [1.165, 1.54) is 0 Å². The summed E-state index contributed by atoms with van der Waals surface area (Å²) < 4.78 is 12.3. The zero-order chi connectivity index (χ0) is 28.7. The number of piperidine rings is 1. The Kier molecular flexibility index (Phi) is 10.2. The summed E-state index contributed by atoms with van der Waals surface area (Å²) in [6.07, 6.45) is 0.940. The number of urea groups is 1. The second kappa shape index (κ2) is 13.0. The fourth-order valence-electron chi connectivity index (χ4n) is 5.07. The van der Waals surface area contributed by atoms with Gasteiger partial charge in [0.2, 0.25) is 0 Å². The number of ether oxygens (including phenoxy) is 1. The van der Waals surface area contributed by atoms with E-state index in [2.05, 4.69) is 55.7 Å². The predicted molar refractivity (Wildman–Crippen MR) is 157 cm³/mol. The van der Waals surface area contributed by atoms with E-state index in [4.69, 9.17) is 9.16 Å². The highest BCUT2D eigenvalue weighted by Crippen LogP contribution is 2.36. The first-order chi connectivity index (χ1) is 18.4. The van der Waals surface area contributed by atoms with Crippen molar-refractivity contribution in [3.63, 3.8) is 0 Å². The van der Waals surface area contributed by atoms with Crippen molar-refractivity contribution in [2.45, 2.75) is 77.1 Å². The first kappa shape index (κ1) is 30.7. The highest BCUT2D eigenvalue weighted by Gasteiger charge is 2.50. The van der Waals surface area contributed by atoms with E-state index in [-0.39, 0.29) is 36.4 Å². The fraction of sp³-hybridized carbons (Fsp3) is 0.533. The summed E-state index contributed by atoms with van der Waals surface area (Å²) >= 11 is 0. The highest BCUT2D eigenvalue weighted by atomic mass is 28.4. The number of aliphatic hydroxyl groups excluding tert-OH is 1. The van der Waals surface area contributed by atoms with E-state index in [9.17, 15) is 14.7 Å². The maximum atomic E-state index is 12.9. The summed E-state index contributed by atoms with van der Waals surface area (Å²) in [6, 6.07) is 19.6. The first-order valence-electron chi connectivity index (χ1n) is 13.8. The molecule has 1 fully saturated rings. The summed E-state index contributed by atoms with van der Waals surface area (Å²) in [5, 5.41) is 18.1. The van der Waals surface area contributed by atoms with Crippen molar-refractivity contribution in [1.29, 1.82) is 0 Å². The fourth-order valence-corrected chi connectivity index (χ4v) is 9.68. The van der Waals surface area contributed by atoms with Gasteiger partial charge in [-0.15, -0.1) is 0 Å². The van der Waals surface area contributed by atoms with Crippen molar-refractivity contribution in [2.24, 2.45) is 0 Å². The molecule has 39 heavy (non-hydrogen) atoms. The van der Waals surface area contributed by atoms with E-state index in [1.807, 2.05) is 57.2 Å². The minimum absolute atomic E-state index is 0.0689. The minimum Gasteiger partial charge on any atom is -0.444 e. The molecule has 2 aromatic rings. The molecule has 0 saturated carbocycles. The third-order valence-corrected chi connectivity index (χ3v) is 12.0. The number of hydrogen-bond acceptors (Lipinski definition) is 5. The van der Waals surface area contributed by atoms with Crippen LogP contribution in [0.15, 0.2) is 60.7 Å². The Labute approximate surface area is 234 Å². The highest BCUT2D eigenvalue weighted by molar-refractivity contribution is 6.99. The van der Waals surface area contributed by atoms with Crippen molar-refractivity contribution >= 4 is 30.8 Å². The zero-order valence-corrected chi connectivity index (χ0v) is 25.2. The Morgan fingerprint density at radius 3 is 1.90 bits per heavy atom. The molecule has 8 nitrogen and oxygen atoms in total. The summed E-state index contributed by atoms with van der Waals surface area (Å²) in [6.45, 7) is 13.1. The predicted octanol–water partition coefficient (Wildman–Crippen LogP) is 3.62. The van der Waals surface area contributed by atoms with Gasteiger partial charge in [-0.2, -0.15) is 0 Å². The number of likely N-dealkylation sites (tertiary alicyclic amines) is 1. The van der Waals surface area contributed by atoms with Gasteiger partial charge < -0.3 is 29.8 Å². The van der Waals surface area contributed by atoms with Crippen LogP contribution >= 0.6 is 0 Å². The number of aliphatic hydroxyl groups is 1. The van der Waals surface area contributed by atoms with Crippen LogP contribution in [-0.2, 0) is 9.16 Å². The molecular weight excluding hydrogens is 510 g/mol. The standard InChI is InChI=1S/C30H45N3O5Si/c1-29(2,3)38-28(36)33-19-17-23(18-20-33)31-27(35)32-24(21-34)22-37-39(30(4,5)6,25-13-9-7-10-14-25)26-15-11-8-12-16-26/h7-16,23-24,34H,17-22H2,1-6H3,(H2,31,32,35). The van der Waals surface area contributed by atoms with Crippen LogP contribution in [0.1, 0.15) is 54.4 Å². The van der Waals surface area contributed by atoms with E-state index in [1.54, 1.807) is 4.90 Å². The number of carbonyl (C=O) groups is 2. The maximum Gasteiger partial charge on any atom is 0.410 e. The minimum atomic E-state index is -2.79. The zero-order valence-electron chi connectivity index (χ0n) is 24.2. The molecule has 0 radical (unpaired) electrons. The van der Waals surface area contributed by atoms with Gasteiger partial charge in [0.1, 0.15) is 5.60 Å². The van der Waals surface area contributed by atoms with Gasteiger partial charge in [0.05, 0.1) is 19.3 Å². The second-order valence-electron chi connectivity index (χ2n) is 12.2. The van der Waals surface area contributed by atoms with Crippen LogP contribution in [0, 0.1) is 0 Å². The molecule has 0 spiro atoms. The Morgan fingerprint density at radius 1 is 0.949 bits per heavy atom. The van der Waals surface area contributed by atoms with Crippen molar-refractivity contribution in [3.8, 4) is 0 Å². The molecule has 1 saturated heterocycles. The van der Waals surface area contributed by atoms with Crippen molar-refractivity contribution in [2.75, 3.05) is 26.3 Å². The van der Waals surface area contributed by atoms with Gasteiger partial charge >= 0.3 is 12.1 Å². The maximum absolute atomic E-state index is 12.9. The SMILES string of the molecule is CC(C)(C)OC(=O)N1CCC(NC(=O)NC(CO)CO[Si](c2ccccc2)(c2ccccc2)C(C)(C)C)CC1. The normalized spacial score (nSPS) is 15.9. The molecule has 1 unspecified atom stereocenters. The van der Waals surface area contributed by atoms with Gasteiger partial charge in [-0.1, -0.05) is 81.4 Å². The van der Waals surface area contributed by atoms with Crippen molar-refractivity contribution < 1.29 is 23.9 Å². The van der Waals surface area contributed by atoms with Crippen LogP contribution in [0.25, 0.3) is 0 Å². The number of nitrogens with one attached hydrogen (secondary N) is 2. The Hall–Kier alpha value is -2.88. The third kappa shape index (κ3) is 8.06. The monoisotopic (exact) mass is 555 g/mol. The Bertz CT molecular complexity index is 1020. The molecule has 0 aromatic heterocycles. The van der Waals surface area contributed by atoms with Gasteiger partial charge in [-0.05, 0) is 49.0 Å². The van der Waals surface area contributed by atoms with Crippen molar-refractivity contribution in [1.82, 2.24) is 15.5 Å². The van der Waals surface area contributed by atoms with E-state index >= 15 is 0 Å². The molecule has 0 aliphatic carbocycles. The summed E-state index contributed by atoms with van der Waals surface area (Å²) in [5.41, 5.74) is -0.540. The average Bonchev–Trinajstić information content (AvgIpc) is 2.88. The Balaban J connectivity index is 1.64. The van der Waals surface area contributed by atoms with Crippen LogP contribution in [-0.4, -0.2) is 74.4 Å². The molecule has 1 aliphatic heterocycles. The summed E-state index contributed by atoms with van der Waals surface area (Å²) in [4.78, 5) is 26.9. The Morgan fingerprint density at radius 2 is 1.46 bits per heavy atom.